The van der Waals surface area contributed by atoms with E-state index >= 15 is 0 Å². The maximum Gasteiger partial charge on any atom is 0.573 e. The van der Waals surface area contributed by atoms with E-state index < -0.39 is 18.2 Å². The zero-order valence-electron chi connectivity index (χ0n) is 16.5. The van der Waals surface area contributed by atoms with Crippen LogP contribution in [-0.4, -0.2) is 54.1 Å². The number of ether oxygens (including phenoxy) is 1. The molecular weight excluding hydrogens is 425 g/mol. The van der Waals surface area contributed by atoms with Gasteiger partial charge in [0.2, 0.25) is 17.7 Å². The van der Waals surface area contributed by atoms with Crippen molar-refractivity contribution in [2.45, 2.75) is 26.6 Å². The van der Waals surface area contributed by atoms with E-state index in [1.165, 1.54) is 19.2 Å². The molecule has 0 aliphatic carbocycles. The molecule has 0 saturated carbocycles. The number of anilines is 1. The van der Waals surface area contributed by atoms with Gasteiger partial charge in [-0.05, 0) is 18.1 Å². The zero-order chi connectivity index (χ0) is 22.5. The summed E-state index contributed by atoms with van der Waals surface area (Å²) in [6.45, 7) is 3.25. The van der Waals surface area contributed by atoms with Gasteiger partial charge >= 0.3 is 6.36 Å². The van der Waals surface area contributed by atoms with Crippen LogP contribution in [0, 0.1) is 5.92 Å². The number of likely N-dealkylation sites (N-methyl/N-ethyl adjacent to an activating group) is 1. The normalized spacial score (nSPS) is 11.4. The SMILES string of the molecule is CC(C)CC(=O)NCC(=O)N(C)CC(=O)Nc1nc2ccc(OC(F)(F)F)cc2s1. The third-order valence-corrected chi connectivity index (χ3v) is 4.61. The Morgan fingerprint density at radius 2 is 1.93 bits per heavy atom. The highest BCUT2D eigenvalue weighted by atomic mass is 32.1. The Bertz CT molecular complexity index is 930. The van der Waals surface area contributed by atoms with Crippen LogP contribution in [0.5, 0.6) is 5.75 Å². The molecule has 1 aromatic carbocycles. The van der Waals surface area contributed by atoms with E-state index in [1.54, 1.807) is 0 Å². The van der Waals surface area contributed by atoms with Crippen molar-refractivity contribution in [3.63, 3.8) is 0 Å². The molecule has 0 unspecified atom stereocenters. The first-order chi connectivity index (χ1) is 13.9. The molecule has 0 aliphatic rings. The standard InChI is InChI=1S/C18H21F3N4O4S/c1-10(2)6-14(26)22-8-16(28)25(3)9-15(27)24-17-23-12-5-4-11(7-13(12)30-17)29-18(19,20)21/h4-5,7,10H,6,8-9H2,1-3H3,(H,22,26)(H,23,24,27). The van der Waals surface area contributed by atoms with Gasteiger partial charge in [0, 0.05) is 19.5 Å². The van der Waals surface area contributed by atoms with Crippen molar-refractivity contribution in [3.05, 3.63) is 18.2 Å². The summed E-state index contributed by atoms with van der Waals surface area (Å²) < 4.78 is 41.2. The Hall–Kier alpha value is -2.89. The van der Waals surface area contributed by atoms with E-state index in [0.717, 1.165) is 22.3 Å². The number of nitrogens with zero attached hydrogens (tertiary/aromatic N) is 2. The molecule has 2 rings (SSSR count). The molecule has 1 heterocycles. The number of carbonyl (C=O) groups is 3. The number of benzene rings is 1. The van der Waals surface area contributed by atoms with Crippen LogP contribution in [0.4, 0.5) is 18.3 Å². The van der Waals surface area contributed by atoms with Gasteiger partial charge in [-0.15, -0.1) is 13.2 Å². The number of aromatic nitrogens is 1. The number of hydrogen-bond acceptors (Lipinski definition) is 6. The highest BCUT2D eigenvalue weighted by Gasteiger charge is 2.31. The molecular formula is C18H21F3N4O4S. The van der Waals surface area contributed by atoms with Crippen molar-refractivity contribution >= 4 is 44.4 Å². The largest absolute Gasteiger partial charge is 0.573 e. The second-order valence-corrected chi connectivity index (χ2v) is 7.90. The molecule has 0 radical (unpaired) electrons. The van der Waals surface area contributed by atoms with Crippen molar-refractivity contribution in [1.29, 1.82) is 0 Å². The Labute approximate surface area is 174 Å². The van der Waals surface area contributed by atoms with Crippen LogP contribution in [0.25, 0.3) is 10.2 Å². The fraction of sp³-hybridized carbons (Fsp3) is 0.444. The smallest absolute Gasteiger partial charge is 0.406 e. The molecule has 0 bridgehead atoms. The number of alkyl halides is 3. The minimum Gasteiger partial charge on any atom is -0.406 e. The summed E-state index contributed by atoms with van der Waals surface area (Å²) in [6, 6.07) is 3.64. The average molecular weight is 446 g/mol. The quantitative estimate of drug-likeness (QED) is 0.650. The third kappa shape index (κ3) is 7.50. The van der Waals surface area contributed by atoms with Crippen molar-refractivity contribution < 1.29 is 32.3 Å². The van der Waals surface area contributed by atoms with Crippen LogP contribution in [0.3, 0.4) is 0 Å². The fourth-order valence-electron chi connectivity index (χ4n) is 2.37. The average Bonchev–Trinajstić information content (AvgIpc) is 2.98. The number of fused-ring (bicyclic) bond motifs is 1. The van der Waals surface area contributed by atoms with Gasteiger partial charge in [0.1, 0.15) is 5.75 Å². The number of nitrogens with one attached hydrogen (secondary N) is 2. The van der Waals surface area contributed by atoms with Gasteiger partial charge in [0.15, 0.2) is 5.13 Å². The van der Waals surface area contributed by atoms with Crippen LogP contribution >= 0.6 is 11.3 Å². The molecule has 2 aromatic rings. The van der Waals surface area contributed by atoms with E-state index in [-0.39, 0.29) is 35.8 Å². The second-order valence-electron chi connectivity index (χ2n) is 6.87. The molecule has 1 aromatic heterocycles. The summed E-state index contributed by atoms with van der Waals surface area (Å²) in [6.07, 6.45) is -4.51. The lowest BCUT2D eigenvalue weighted by molar-refractivity contribution is -0.274. The summed E-state index contributed by atoms with van der Waals surface area (Å²) >= 11 is 0.970. The maximum absolute atomic E-state index is 12.3. The van der Waals surface area contributed by atoms with Gasteiger partial charge in [0.25, 0.3) is 0 Å². The molecule has 2 N–H and O–H groups in total. The van der Waals surface area contributed by atoms with E-state index in [4.69, 9.17) is 0 Å². The third-order valence-electron chi connectivity index (χ3n) is 3.68. The van der Waals surface area contributed by atoms with Crippen molar-refractivity contribution in [2.75, 3.05) is 25.5 Å². The first kappa shape index (κ1) is 23.4. The molecule has 0 aliphatic heterocycles. The van der Waals surface area contributed by atoms with Gasteiger partial charge in [-0.25, -0.2) is 4.98 Å². The summed E-state index contributed by atoms with van der Waals surface area (Å²) in [4.78, 5) is 41.0. The number of carbonyl (C=O) groups excluding carboxylic acids is 3. The second kappa shape index (κ2) is 9.74. The predicted octanol–water partition coefficient (Wildman–Crippen LogP) is 2.75. The Morgan fingerprint density at radius 3 is 2.57 bits per heavy atom. The molecule has 30 heavy (non-hydrogen) atoms. The topological polar surface area (TPSA) is 101 Å². The number of hydrogen-bond donors (Lipinski definition) is 2. The summed E-state index contributed by atoms with van der Waals surface area (Å²) in [5.74, 6) is -1.46. The van der Waals surface area contributed by atoms with Crippen molar-refractivity contribution in [3.8, 4) is 5.75 Å². The molecule has 0 fully saturated rings. The molecule has 164 valence electrons. The Morgan fingerprint density at radius 1 is 1.23 bits per heavy atom. The van der Waals surface area contributed by atoms with Crippen molar-refractivity contribution in [1.82, 2.24) is 15.2 Å². The van der Waals surface area contributed by atoms with Crippen molar-refractivity contribution in [2.24, 2.45) is 5.92 Å². The van der Waals surface area contributed by atoms with Gasteiger partial charge in [-0.1, -0.05) is 25.2 Å². The lowest BCUT2D eigenvalue weighted by Gasteiger charge is -2.16. The molecule has 12 heteroatoms. The summed E-state index contributed by atoms with van der Waals surface area (Å²) in [5, 5.41) is 5.16. The molecule has 0 saturated heterocycles. The van der Waals surface area contributed by atoms with Crippen LogP contribution in [0.2, 0.25) is 0 Å². The minimum atomic E-state index is -4.80. The van der Waals surface area contributed by atoms with E-state index in [2.05, 4.69) is 20.4 Å². The highest BCUT2D eigenvalue weighted by molar-refractivity contribution is 7.22. The van der Waals surface area contributed by atoms with E-state index in [9.17, 15) is 27.6 Å². The Kier molecular flexibility index (Phi) is 7.59. The number of amides is 3. The van der Waals surface area contributed by atoms with Gasteiger partial charge in [-0.3, -0.25) is 14.4 Å². The van der Waals surface area contributed by atoms with Gasteiger partial charge < -0.3 is 20.3 Å². The van der Waals surface area contributed by atoms with Gasteiger partial charge in [0.05, 0.1) is 23.3 Å². The predicted molar refractivity (Wildman–Crippen MR) is 105 cm³/mol. The first-order valence-corrected chi connectivity index (χ1v) is 9.71. The number of rotatable bonds is 8. The first-order valence-electron chi connectivity index (χ1n) is 8.90. The summed E-state index contributed by atoms with van der Waals surface area (Å²) in [7, 11) is 1.41. The lowest BCUT2D eigenvalue weighted by Crippen LogP contribution is -2.41. The van der Waals surface area contributed by atoms with Crippen LogP contribution in [0.1, 0.15) is 20.3 Å². The lowest BCUT2D eigenvalue weighted by atomic mass is 10.1. The molecule has 8 nitrogen and oxygen atoms in total. The summed E-state index contributed by atoms with van der Waals surface area (Å²) in [5.41, 5.74) is 0.391. The molecule has 0 spiro atoms. The molecule has 0 atom stereocenters. The monoisotopic (exact) mass is 446 g/mol. The number of thiazole rings is 1. The van der Waals surface area contributed by atoms with Crippen LogP contribution < -0.4 is 15.4 Å². The maximum atomic E-state index is 12.3. The fourth-order valence-corrected chi connectivity index (χ4v) is 3.28. The highest BCUT2D eigenvalue weighted by Crippen LogP contribution is 2.31. The Balaban J connectivity index is 1.90. The van der Waals surface area contributed by atoms with Crippen LogP contribution in [0.15, 0.2) is 18.2 Å². The minimum absolute atomic E-state index is 0.161. The molecule has 3 amide bonds. The van der Waals surface area contributed by atoms with Gasteiger partial charge in [-0.2, -0.15) is 0 Å². The van der Waals surface area contributed by atoms with E-state index in [1.807, 2.05) is 13.8 Å². The van der Waals surface area contributed by atoms with E-state index in [0.29, 0.717) is 16.6 Å². The zero-order valence-corrected chi connectivity index (χ0v) is 17.3. The van der Waals surface area contributed by atoms with Crippen LogP contribution in [-0.2, 0) is 14.4 Å². The number of halogens is 3.